The quantitative estimate of drug-likeness (QED) is 0.338. The van der Waals surface area contributed by atoms with Gasteiger partial charge >= 0.3 is 5.97 Å². The maximum absolute atomic E-state index is 12.9. The summed E-state index contributed by atoms with van der Waals surface area (Å²) in [6.45, 7) is 0.342. The van der Waals surface area contributed by atoms with Crippen LogP contribution >= 0.6 is 7.92 Å². The van der Waals surface area contributed by atoms with Crippen molar-refractivity contribution in [3.63, 3.8) is 0 Å². The van der Waals surface area contributed by atoms with Gasteiger partial charge < -0.3 is 4.74 Å². The Morgan fingerprint density at radius 2 is 1.53 bits per heavy atom. The van der Waals surface area contributed by atoms with Gasteiger partial charge in [0.1, 0.15) is 12.5 Å². The normalized spacial score (nSPS) is 19.0. The zero-order chi connectivity index (χ0) is 20.6. The van der Waals surface area contributed by atoms with Gasteiger partial charge in [-0.2, -0.15) is 0 Å². The van der Waals surface area contributed by atoms with Gasteiger partial charge in [0, 0.05) is 5.66 Å². The summed E-state index contributed by atoms with van der Waals surface area (Å²) in [4.78, 5) is 12.9. The van der Waals surface area contributed by atoms with E-state index in [4.69, 9.17) is 4.74 Å². The number of hydrogen-bond acceptors (Lipinski definition) is 2. The van der Waals surface area contributed by atoms with Gasteiger partial charge in [0.15, 0.2) is 0 Å². The maximum atomic E-state index is 12.9. The maximum Gasteiger partial charge on any atom is 0.314 e. The van der Waals surface area contributed by atoms with Gasteiger partial charge in [-0.15, -0.1) is 0 Å². The van der Waals surface area contributed by atoms with E-state index in [9.17, 15) is 4.79 Å². The summed E-state index contributed by atoms with van der Waals surface area (Å²) in [5, 5.41) is 2.47. The van der Waals surface area contributed by atoms with E-state index in [-0.39, 0.29) is 5.97 Å². The SMILES string of the molecule is O=C(OC/C=C/C1CCCCC1)[C]1[CH][CH][CH][C]1P(c1ccccc1)c1ccccc1. The molecule has 2 aromatic carbocycles. The fraction of sp³-hybridized carbons (Fsp3) is 0.259. The van der Waals surface area contributed by atoms with E-state index in [2.05, 4.69) is 61.0 Å². The first-order chi connectivity index (χ1) is 14.8. The Morgan fingerprint density at radius 3 is 2.17 bits per heavy atom. The smallest absolute Gasteiger partial charge is 0.314 e. The highest BCUT2D eigenvalue weighted by Gasteiger charge is 2.42. The van der Waals surface area contributed by atoms with Crippen LogP contribution in [0.5, 0.6) is 0 Å². The minimum absolute atomic E-state index is 0.234. The molecule has 0 saturated heterocycles. The second-order valence-corrected chi connectivity index (χ2v) is 9.94. The summed E-state index contributed by atoms with van der Waals surface area (Å²) < 4.78 is 5.62. The van der Waals surface area contributed by atoms with Crippen molar-refractivity contribution in [2.24, 2.45) is 5.92 Å². The molecule has 0 heterocycles. The van der Waals surface area contributed by atoms with Gasteiger partial charge in [-0.1, -0.05) is 92.1 Å². The zero-order valence-electron chi connectivity index (χ0n) is 17.2. The van der Waals surface area contributed by atoms with E-state index < -0.39 is 7.92 Å². The predicted molar refractivity (Wildman–Crippen MR) is 125 cm³/mol. The highest BCUT2D eigenvalue weighted by molar-refractivity contribution is 7.76. The lowest BCUT2D eigenvalue weighted by molar-refractivity contribution is -0.139. The summed E-state index contributed by atoms with van der Waals surface area (Å²) in [6.07, 6.45) is 16.7. The molecule has 0 aromatic heterocycles. The number of benzene rings is 2. The summed E-state index contributed by atoms with van der Waals surface area (Å²) >= 11 is 0. The van der Waals surface area contributed by atoms with Crippen LogP contribution < -0.4 is 10.6 Å². The topological polar surface area (TPSA) is 26.3 Å². The lowest BCUT2D eigenvalue weighted by atomic mass is 9.89. The summed E-state index contributed by atoms with van der Waals surface area (Å²) in [5.41, 5.74) is 1.06. The van der Waals surface area contributed by atoms with Crippen LogP contribution in [0.1, 0.15) is 32.1 Å². The first kappa shape index (κ1) is 21.3. The fourth-order valence-electron chi connectivity index (χ4n) is 4.14. The van der Waals surface area contributed by atoms with E-state index in [1.807, 2.05) is 31.1 Å². The largest absolute Gasteiger partial charge is 0.461 e. The van der Waals surface area contributed by atoms with Crippen molar-refractivity contribution in [1.82, 2.24) is 0 Å². The average Bonchev–Trinajstić information content (AvgIpc) is 3.28. The van der Waals surface area contributed by atoms with Crippen LogP contribution in [-0.4, -0.2) is 12.6 Å². The predicted octanol–water partition coefficient (Wildman–Crippen LogP) is 5.53. The van der Waals surface area contributed by atoms with Gasteiger partial charge in [-0.3, -0.25) is 4.79 Å². The molecule has 2 aliphatic carbocycles. The van der Waals surface area contributed by atoms with Crippen molar-refractivity contribution in [3.8, 4) is 0 Å². The molecule has 0 N–H and O–H groups in total. The molecule has 0 atom stereocenters. The molecule has 0 unspecified atom stereocenters. The minimum Gasteiger partial charge on any atom is -0.461 e. The number of carbonyl (C=O) groups is 1. The molecule has 4 rings (SSSR count). The third-order valence-corrected chi connectivity index (χ3v) is 8.15. The van der Waals surface area contributed by atoms with Crippen molar-refractivity contribution in [1.29, 1.82) is 0 Å². The second kappa shape index (κ2) is 10.9. The number of esters is 1. The lowest BCUT2D eigenvalue weighted by Gasteiger charge is -2.27. The van der Waals surface area contributed by atoms with E-state index in [1.54, 1.807) is 0 Å². The molecule has 30 heavy (non-hydrogen) atoms. The number of allylic oxidation sites excluding steroid dienone is 1. The van der Waals surface area contributed by atoms with Crippen LogP contribution in [0.15, 0.2) is 72.8 Å². The van der Waals surface area contributed by atoms with Crippen LogP contribution in [0.3, 0.4) is 0 Å². The van der Waals surface area contributed by atoms with Gasteiger partial charge in [0.2, 0.25) is 0 Å². The Labute approximate surface area is 182 Å². The van der Waals surface area contributed by atoms with Crippen molar-refractivity contribution in [3.05, 3.63) is 104 Å². The lowest BCUT2D eigenvalue weighted by Crippen LogP contribution is -2.24. The van der Waals surface area contributed by atoms with E-state index in [0.29, 0.717) is 18.4 Å². The monoisotopic (exact) mass is 415 g/mol. The summed E-state index contributed by atoms with van der Waals surface area (Å²) in [6, 6.07) is 20.9. The van der Waals surface area contributed by atoms with E-state index in [0.717, 1.165) is 5.66 Å². The number of carbonyl (C=O) groups excluding carboxylic acids is 1. The van der Waals surface area contributed by atoms with Crippen LogP contribution in [0, 0.1) is 36.8 Å². The highest BCUT2D eigenvalue weighted by atomic mass is 31.1. The van der Waals surface area contributed by atoms with Crippen molar-refractivity contribution < 1.29 is 9.53 Å². The molecular weight excluding hydrogens is 387 g/mol. The molecule has 0 bridgehead atoms. The number of ether oxygens (including phenoxy) is 1. The molecule has 0 amide bonds. The fourth-order valence-corrected chi connectivity index (χ4v) is 6.57. The zero-order valence-corrected chi connectivity index (χ0v) is 18.1. The Kier molecular flexibility index (Phi) is 7.76. The molecular formula is C27H28O2P. The van der Waals surface area contributed by atoms with Gasteiger partial charge in [0.05, 0.1) is 0 Å². The molecule has 2 saturated carbocycles. The van der Waals surface area contributed by atoms with Gasteiger partial charge in [-0.05, 0) is 56.6 Å². The van der Waals surface area contributed by atoms with Crippen molar-refractivity contribution in [2.45, 2.75) is 32.1 Å². The Balaban J connectivity index is 1.44. The summed E-state index contributed by atoms with van der Waals surface area (Å²) in [5.74, 6) is 1.10. The minimum atomic E-state index is -0.810. The van der Waals surface area contributed by atoms with Gasteiger partial charge in [-0.25, -0.2) is 0 Å². The first-order valence-corrected chi connectivity index (χ1v) is 12.2. The number of rotatable bonds is 7. The molecule has 3 heteroatoms. The van der Waals surface area contributed by atoms with Crippen LogP contribution in [0.4, 0.5) is 0 Å². The molecule has 0 aliphatic heterocycles. The third-order valence-electron chi connectivity index (χ3n) is 5.65. The Hall–Kier alpha value is -1.92. The van der Waals surface area contributed by atoms with E-state index >= 15 is 0 Å². The molecule has 5 radical (unpaired) electrons. The van der Waals surface area contributed by atoms with Crippen molar-refractivity contribution >= 4 is 24.5 Å². The van der Waals surface area contributed by atoms with Crippen LogP contribution in [0.25, 0.3) is 0 Å². The average molecular weight is 415 g/mol. The second-order valence-electron chi connectivity index (χ2n) is 7.76. The standard InChI is InChI=1S/C27H28O2P/c28-27(29-21-11-14-22-12-4-1-5-13-22)25-19-10-20-26(25)30(23-15-6-2-7-16-23)24-17-8-3-9-18-24/h2-3,6-11,14-20,22H,1,4-5,12-13,21H2/b14-11+. The molecule has 153 valence electrons. The Bertz CT molecular complexity index is 772. The summed E-state index contributed by atoms with van der Waals surface area (Å²) in [7, 11) is -0.810. The first-order valence-electron chi connectivity index (χ1n) is 10.8. The van der Waals surface area contributed by atoms with Crippen molar-refractivity contribution in [2.75, 3.05) is 6.61 Å². The third kappa shape index (κ3) is 5.41. The van der Waals surface area contributed by atoms with Crippen LogP contribution in [-0.2, 0) is 9.53 Å². The molecule has 0 spiro atoms. The molecule has 2 nitrogen and oxygen atoms in total. The van der Waals surface area contributed by atoms with E-state index in [1.165, 1.54) is 42.7 Å². The van der Waals surface area contributed by atoms with Crippen LogP contribution in [0.2, 0.25) is 0 Å². The highest BCUT2D eigenvalue weighted by Crippen LogP contribution is 2.56. The molecule has 2 aliphatic rings. The molecule has 2 fully saturated rings. The molecule has 2 aromatic rings. The van der Waals surface area contributed by atoms with Gasteiger partial charge in [0.25, 0.3) is 0 Å². The Morgan fingerprint density at radius 1 is 0.900 bits per heavy atom. The number of hydrogen-bond donors (Lipinski definition) is 0.